The van der Waals surface area contributed by atoms with Crippen molar-refractivity contribution < 1.29 is 9.84 Å². The summed E-state index contributed by atoms with van der Waals surface area (Å²) in [6.45, 7) is 5.14. The molecule has 1 fully saturated rings. The maximum absolute atomic E-state index is 9.87. The fourth-order valence-corrected chi connectivity index (χ4v) is 2.39. The number of phenols is 1. The maximum atomic E-state index is 9.87. The minimum atomic E-state index is 0.246. The quantitative estimate of drug-likeness (QED) is 0.870. The summed E-state index contributed by atoms with van der Waals surface area (Å²) in [5.74, 6) is 0.862. The summed E-state index contributed by atoms with van der Waals surface area (Å²) >= 11 is 5.95. The van der Waals surface area contributed by atoms with Gasteiger partial charge in [0.2, 0.25) is 0 Å². The number of hydrogen-bond donors (Lipinski definition) is 2. The Morgan fingerprint density at radius 1 is 1.39 bits per heavy atom. The highest BCUT2D eigenvalue weighted by Crippen LogP contribution is 2.32. The number of piperazine rings is 1. The minimum Gasteiger partial charge on any atom is -0.508 e. The van der Waals surface area contributed by atoms with E-state index in [0.29, 0.717) is 10.8 Å². The molecule has 0 spiro atoms. The van der Waals surface area contributed by atoms with Crippen LogP contribution in [0, 0.1) is 0 Å². The number of phenolic OH excluding ortho intramolecular Hbond substituents is 1. The third-order valence-corrected chi connectivity index (χ3v) is 3.56. The first-order valence-corrected chi connectivity index (χ1v) is 6.57. The molecule has 1 aliphatic rings. The van der Waals surface area contributed by atoms with Gasteiger partial charge in [0.1, 0.15) is 11.5 Å². The van der Waals surface area contributed by atoms with Crippen LogP contribution < -0.4 is 10.1 Å². The molecule has 4 nitrogen and oxygen atoms in total. The van der Waals surface area contributed by atoms with Gasteiger partial charge in [0.05, 0.1) is 12.1 Å². The Bertz CT molecular complexity index is 406. The molecule has 2 N–H and O–H groups in total. The second kappa shape index (κ2) is 6.27. The Morgan fingerprint density at radius 2 is 2.11 bits per heavy atom. The van der Waals surface area contributed by atoms with Gasteiger partial charge in [-0.2, -0.15) is 0 Å². The number of rotatable bonds is 4. The molecule has 1 saturated heterocycles. The molecule has 18 heavy (non-hydrogen) atoms. The first-order chi connectivity index (χ1) is 8.70. The predicted molar refractivity (Wildman–Crippen MR) is 72.7 cm³/mol. The first kappa shape index (κ1) is 13.5. The van der Waals surface area contributed by atoms with Crippen molar-refractivity contribution in [2.24, 2.45) is 0 Å². The van der Waals surface area contributed by atoms with E-state index in [1.165, 1.54) is 0 Å². The first-order valence-electron chi connectivity index (χ1n) is 6.19. The van der Waals surface area contributed by atoms with E-state index in [0.717, 1.165) is 44.7 Å². The van der Waals surface area contributed by atoms with Gasteiger partial charge in [-0.15, -0.1) is 0 Å². The fraction of sp³-hybridized carbons (Fsp3) is 0.538. The lowest BCUT2D eigenvalue weighted by atomic mass is 10.1. The third-order valence-electron chi connectivity index (χ3n) is 3.26. The number of ether oxygens (including phenoxy) is 1. The van der Waals surface area contributed by atoms with E-state index in [1.807, 2.05) is 6.07 Å². The molecular weight excluding hydrogens is 252 g/mol. The Labute approximate surface area is 113 Å². The van der Waals surface area contributed by atoms with Gasteiger partial charge in [0.15, 0.2) is 0 Å². The second-order valence-corrected chi connectivity index (χ2v) is 4.86. The van der Waals surface area contributed by atoms with E-state index < -0.39 is 0 Å². The number of nitrogens with zero attached hydrogens (tertiary/aromatic N) is 1. The smallest absolute Gasteiger partial charge is 0.137 e. The summed E-state index contributed by atoms with van der Waals surface area (Å²) in [5, 5.41) is 13.6. The Kier molecular flexibility index (Phi) is 4.69. The molecule has 0 unspecified atom stereocenters. The molecule has 0 saturated carbocycles. The summed E-state index contributed by atoms with van der Waals surface area (Å²) in [6.07, 6.45) is 0.805. The van der Waals surface area contributed by atoms with Gasteiger partial charge in [-0.25, -0.2) is 0 Å². The van der Waals surface area contributed by atoms with Gasteiger partial charge in [-0.1, -0.05) is 11.6 Å². The van der Waals surface area contributed by atoms with Crippen molar-refractivity contribution in [2.45, 2.75) is 6.42 Å². The number of hydrogen-bond acceptors (Lipinski definition) is 4. The van der Waals surface area contributed by atoms with Crippen molar-refractivity contribution in [1.82, 2.24) is 10.2 Å². The summed E-state index contributed by atoms with van der Waals surface area (Å²) in [5.41, 5.74) is 0.884. The number of nitrogens with one attached hydrogen (secondary N) is 1. The van der Waals surface area contributed by atoms with E-state index >= 15 is 0 Å². The Balaban J connectivity index is 1.99. The van der Waals surface area contributed by atoms with E-state index in [-0.39, 0.29) is 5.75 Å². The molecule has 0 aromatic heterocycles. The summed E-state index contributed by atoms with van der Waals surface area (Å²) < 4.78 is 5.17. The molecule has 0 radical (unpaired) electrons. The predicted octanol–water partition coefficient (Wildman–Crippen LogP) is 1.50. The van der Waals surface area contributed by atoms with E-state index in [9.17, 15) is 5.11 Å². The third kappa shape index (κ3) is 3.28. The molecule has 1 aliphatic heterocycles. The lowest BCUT2D eigenvalue weighted by Crippen LogP contribution is -2.44. The largest absolute Gasteiger partial charge is 0.508 e. The van der Waals surface area contributed by atoms with E-state index in [2.05, 4.69) is 10.2 Å². The molecule has 0 aliphatic carbocycles. The average Bonchev–Trinajstić information content (AvgIpc) is 2.39. The van der Waals surface area contributed by atoms with Crippen LogP contribution in [0.2, 0.25) is 5.02 Å². The summed E-state index contributed by atoms with van der Waals surface area (Å²) in [4.78, 5) is 2.39. The van der Waals surface area contributed by atoms with Gasteiger partial charge in [0, 0.05) is 38.8 Å². The molecule has 0 bridgehead atoms. The van der Waals surface area contributed by atoms with Crippen molar-refractivity contribution >= 4 is 11.6 Å². The van der Waals surface area contributed by atoms with Crippen molar-refractivity contribution in [2.75, 3.05) is 39.8 Å². The zero-order chi connectivity index (χ0) is 13.0. The van der Waals surface area contributed by atoms with Crippen LogP contribution >= 0.6 is 11.6 Å². The number of halogens is 1. The SMILES string of the molecule is COc1cc(CCN2CCNCC2)c(O)cc1Cl. The van der Waals surface area contributed by atoms with Crippen LogP contribution in [0.5, 0.6) is 11.5 Å². The highest BCUT2D eigenvalue weighted by Gasteiger charge is 2.12. The maximum Gasteiger partial charge on any atom is 0.137 e. The molecule has 5 heteroatoms. The molecule has 0 amide bonds. The monoisotopic (exact) mass is 270 g/mol. The topological polar surface area (TPSA) is 44.7 Å². The van der Waals surface area contributed by atoms with Gasteiger partial charge >= 0.3 is 0 Å². The van der Waals surface area contributed by atoms with Crippen LogP contribution in [-0.2, 0) is 6.42 Å². The van der Waals surface area contributed by atoms with Gasteiger partial charge in [-0.3, -0.25) is 0 Å². The van der Waals surface area contributed by atoms with E-state index in [1.54, 1.807) is 13.2 Å². The van der Waals surface area contributed by atoms with Gasteiger partial charge in [0.25, 0.3) is 0 Å². The van der Waals surface area contributed by atoms with Crippen LogP contribution in [0.1, 0.15) is 5.56 Å². The molecule has 100 valence electrons. The van der Waals surface area contributed by atoms with Crippen molar-refractivity contribution in [3.63, 3.8) is 0 Å². The lowest BCUT2D eigenvalue weighted by Gasteiger charge is -2.27. The molecule has 2 rings (SSSR count). The van der Waals surface area contributed by atoms with Crippen LogP contribution in [-0.4, -0.2) is 49.8 Å². The fourth-order valence-electron chi connectivity index (χ4n) is 2.15. The normalized spacial score (nSPS) is 16.8. The standard InChI is InChI=1S/C13H19ClN2O2/c1-18-13-8-10(12(17)9-11(13)14)2-5-16-6-3-15-4-7-16/h8-9,15,17H,2-7H2,1H3. The lowest BCUT2D eigenvalue weighted by molar-refractivity contribution is 0.243. The van der Waals surface area contributed by atoms with Gasteiger partial charge in [-0.05, 0) is 18.1 Å². The average molecular weight is 271 g/mol. The molecule has 1 heterocycles. The Hall–Kier alpha value is -0.970. The number of methoxy groups -OCH3 is 1. The zero-order valence-corrected chi connectivity index (χ0v) is 11.3. The van der Waals surface area contributed by atoms with Crippen molar-refractivity contribution in [3.8, 4) is 11.5 Å². The van der Waals surface area contributed by atoms with Crippen LogP contribution in [0.4, 0.5) is 0 Å². The number of aromatic hydroxyl groups is 1. The summed E-state index contributed by atoms with van der Waals surface area (Å²) in [7, 11) is 1.58. The highest BCUT2D eigenvalue weighted by atomic mass is 35.5. The van der Waals surface area contributed by atoms with Crippen LogP contribution in [0.15, 0.2) is 12.1 Å². The minimum absolute atomic E-state index is 0.246. The van der Waals surface area contributed by atoms with Crippen molar-refractivity contribution in [1.29, 1.82) is 0 Å². The second-order valence-electron chi connectivity index (χ2n) is 4.46. The Morgan fingerprint density at radius 3 is 2.78 bits per heavy atom. The zero-order valence-electron chi connectivity index (χ0n) is 10.6. The molecule has 0 atom stereocenters. The molecule has 1 aromatic carbocycles. The van der Waals surface area contributed by atoms with Crippen LogP contribution in [0.25, 0.3) is 0 Å². The molecule has 1 aromatic rings. The molecular formula is C13H19ClN2O2. The number of benzene rings is 1. The van der Waals surface area contributed by atoms with Gasteiger partial charge < -0.3 is 20.1 Å². The highest BCUT2D eigenvalue weighted by molar-refractivity contribution is 6.32. The summed E-state index contributed by atoms with van der Waals surface area (Å²) in [6, 6.07) is 3.37. The van der Waals surface area contributed by atoms with E-state index in [4.69, 9.17) is 16.3 Å². The van der Waals surface area contributed by atoms with Crippen molar-refractivity contribution in [3.05, 3.63) is 22.7 Å². The van der Waals surface area contributed by atoms with Crippen LogP contribution in [0.3, 0.4) is 0 Å².